The summed E-state index contributed by atoms with van der Waals surface area (Å²) in [6.07, 6.45) is 4.58. The predicted octanol–water partition coefficient (Wildman–Crippen LogP) is 12.0. The number of imidazole rings is 1. The molecule has 232 valence electrons. The van der Waals surface area contributed by atoms with Gasteiger partial charge in [-0.15, -0.1) is 0 Å². The van der Waals surface area contributed by atoms with Gasteiger partial charge in [0, 0.05) is 24.5 Å². The van der Waals surface area contributed by atoms with E-state index in [1.807, 2.05) is 12.4 Å². The van der Waals surface area contributed by atoms with Crippen molar-refractivity contribution in [1.82, 2.24) is 14.5 Å². The van der Waals surface area contributed by atoms with Gasteiger partial charge in [0.2, 0.25) is 0 Å². The lowest BCUT2D eigenvalue weighted by Gasteiger charge is -2.18. The minimum Gasteiger partial charge on any atom is -0.296 e. The molecule has 0 fully saturated rings. The Kier molecular flexibility index (Phi) is 7.09. The summed E-state index contributed by atoms with van der Waals surface area (Å²) in [5, 5.41) is 5.01. The van der Waals surface area contributed by atoms with E-state index in [2.05, 4.69) is 174 Å². The summed E-state index contributed by atoms with van der Waals surface area (Å²) in [7, 11) is 0. The number of aromatic nitrogens is 3. The monoisotopic (exact) mass is 627 g/mol. The van der Waals surface area contributed by atoms with Gasteiger partial charge in [0.1, 0.15) is 5.82 Å². The number of benzene rings is 7. The second-order valence-corrected chi connectivity index (χ2v) is 12.5. The molecule has 9 aromatic rings. The van der Waals surface area contributed by atoms with Gasteiger partial charge in [-0.2, -0.15) is 0 Å². The third kappa shape index (κ3) is 4.99. The number of para-hydroxylation sites is 2. The predicted molar refractivity (Wildman–Crippen MR) is 205 cm³/mol. The lowest BCUT2D eigenvalue weighted by Crippen LogP contribution is -1.99. The maximum atomic E-state index is 4.87. The molecule has 49 heavy (non-hydrogen) atoms. The first-order valence-corrected chi connectivity index (χ1v) is 16.9. The van der Waals surface area contributed by atoms with E-state index >= 15 is 0 Å². The molecule has 0 aliphatic heterocycles. The molecule has 2 aromatic heterocycles. The molecule has 0 spiro atoms. The van der Waals surface area contributed by atoms with Gasteiger partial charge < -0.3 is 0 Å². The quantitative estimate of drug-likeness (QED) is 0.172. The number of rotatable bonds is 6. The summed E-state index contributed by atoms with van der Waals surface area (Å²) < 4.78 is 2.28. The highest BCUT2D eigenvalue weighted by molar-refractivity contribution is 6.21. The fourth-order valence-electron chi connectivity index (χ4n) is 7.38. The number of hydrogen-bond acceptors (Lipinski definition) is 2. The molecular formula is C46H33N3. The first-order valence-electron chi connectivity index (χ1n) is 16.9. The number of nitrogens with zero attached hydrogens (tertiary/aromatic N) is 3. The Balaban J connectivity index is 1.13. The molecule has 0 saturated carbocycles. The van der Waals surface area contributed by atoms with Crippen molar-refractivity contribution in [2.45, 2.75) is 13.3 Å². The molecule has 0 amide bonds. The lowest BCUT2D eigenvalue weighted by atomic mass is 9.85. The van der Waals surface area contributed by atoms with Crippen molar-refractivity contribution in [3.63, 3.8) is 0 Å². The van der Waals surface area contributed by atoms with Crippen LogP contribution in [0.25, 0.3) is 82.8 Å². The van der Waals surface area contributed by atoms with E-state index in [0.29, 0.717) is 0 Å². The zero-order valence-electron chi connectivity index (χ0n) is 27.2. The van der Waals surface area contributed by atoms with Gasteiger partial charge in [-0.3, -0.25) is 9.55 Å². The summed E-state index contributed by atoms with van der Waals surface area (Å²) in [4.78, 5) is 9.09. The molecule has 3 nitrogen and oxygen atoms in total. The van der Waals surface area contributed by atoms with Gasteiger partial charge in [-0.05, 0) is 109 Å². The Morgan fingerprint density at radius 1 is 0.449 bits per heavy atom. The third-order valence-corrected chi connectivity index (χ3v) is 9.68. The fourth-order valence-corrected chi connectivity index (χ4v) is 7.38. The zero-order chi connectivity index (χ0) is 32.7. The SMILES string of the molecule is CCc1nc2ccccc2n1-c1ccc(-c2ccc(-c3c4ccccc4c(-c4cccc(-c5ccncc5)c4)c4ccccc34)cc2)cc1. The van der Waals surface area contributed by atoms with Crippen molar-refractivity contribution >= 4 is 32.6 Å². The standard InChI is InChI=1S/C46H33N3/c1-2-44-48-42-16-7-8-17-43(42)49(44)37-24-22-32(23-25-37)31-18-20-34(21-19-31)45-38-12-3-5-14-40(38)46(41-15-6-4-13-39(41)45)36-11-9-10-35(30-36)33-26-28-47-29-27-33/h3-30H,2H2,1H3. The van der Waals surface area contributed by atoms with E-state index in [1.54, 1.807) is 0 Å². The van der Waals surface area contributed by atoms with Crippen LogP contribution in [0, 0.1) is 0 Å². The van der Waals surface area contributed by atoms with Crippen molar-refractivity contribution in [3.8, 4) is 50.2 Å². The Morgan fingerprint density at radius 2 is 0.959 bits per heavy atom. The molecule has 0 saturated heterocycles. The molecule has 7 aromatic carbocycles. The zero-order valence-corrected chi connectivity index (χ0v) is 27.2. The largest absolute Gasteiger partial charge is 0.296 e. The van der Waals surface area contributed by atoms with Crippen LogP contribution in [0.5, 0.6) is 0 Å². The first kappa shape index (κ1) is 28.9. The van der Waals surface area contributed by atoms with Crippen LogP contribution >= 0.6 is 0 Å². The topological polar surface area (TPSA) is 30.7 Å². The summed E-state index contributed by atoms with van der Waals surface area (Å²) in [5.74, 6) is 1.07. The second kappa shape index (κ2) is 12.0. The van der Waals surface area contributed by atoms with Gasteiger partial charge in [-0.25, -0.2) is 4.98 Å². The molecular weight excluding hydrogens is 595 g/mol. The summed E-state index contributed by atoms with van der Waals surface area (Å²) in [6.45, 7) is 2.16. The summed E-state index contributed by atoms with van der Waals surface area (Å²) in [6, 6.07) is 57.0. The van der Waals surface area contributed by atoms with Gasteiger partial charge in [0.15, 0.2) is 0 Å². The van der Waals surface area contributed by atoms with Crippen molar-refractivity contribution in [3.05, 3.63) is 176 Å². The van der Waals surface area contributed by atoms with Gasteiger partial charge >= 0.3 is 0 Å². The summed E-state index contributed by atoms with van der Waals surface area (Å²) >= 11 is 0. The van der Waals surface area contributed by atoms with Crippen LogP contribution in [0.3, 0.4) is 0 Å². The lowest BCUT2D eigenvalue weighted by molar-refractivity contribution is 0.908. The first-order chi connectivity index (χ1) is 24.3. The number of pyridine rings is 1. The number of hydrogen-bond donors (Lipinski definition) is 0. The van der Waals surface area contributed by atoms with Gasteiger partial charge in [-0.1, -0.05) is 122 Å². The van der Waals surface area contributed by atoms with Crippen molar-refractivity contribution in [2.75, 3.05) is 0 Å². The molecule has 0 bridgehead atoms. The van der Waals surface area contributed by atoms with Crippen molar-refractivity contribution in [1.29, 1.82) is 0 Å². The average molecular weight is 628 g/mol. The Bertz CT molecular complexity index is 2560. The highest BCUT2D eigenvalue weighted by atomic mass is 15.1. The molecule has 0 radical (unpaired) electrons. The Morgan fingerprint density at radius 3 is 1.59 bits per heavy atom. The number of fused-ring (bicyclic) bond motifs is 3. The normalized spacial score (nSPS) is 11.4. The number of aryl methyl sites for hydroxylation is 1. The molecule has 0 N–H and O–H groups in total. The van der Waals surface area contributed by atoms with Gasteiger partial charge in [0.25, 0.3) is 0 Å². The summed E-state index contributed by atoms with van der Waals surface area (Å²) in [5.41, 5.74) is 13.0. The van der Waals surface area contributed by atoms with Crippen LogP contribution in [0.4, 0.5) is 0 Å². The smallest absolute Gasteiger partial charge is 0.114 e. The average Bonchev–Trinajstić information content (AvgIpc) is 3.56. The van der Waals surface area contributed by atoms with Crippen LogP contribution in [0.1, 0.15) is 12.7 Å². The highest BCUT2D eigenvalue weighted by Crippen LogP contribution is 2.44. The Hall–Kier alpha value is -6.32. The fraction of sp³-hybridized carbons (Fsp3) is 0.0435. The van der Waals surface area contributed by atoms with Gasteiger partial charge in [0.05, 0.1) is 11.0 Å². The second-order valence-electron chi connectivity index (χ2n) is 12.5. The van der Waals surface area contributed by atoms with E-state index < -0.39 is 0 Å². The van der Waals surface area contributed by atoms with Crippen LogP contribution in [-0.2, 0) is 6.42 Å². The van der Waals surface area contributed by atoms with Crippen molar-refractivity contribution in [2.24, 2.45) is 0 Å². The molecule has 0 aliphatic rings. The van der Waals surface area contributed by atoms with Crippen LogP contribution in [0.2, 0.25) is 0 Å². The van der Waals surface area contributed by atoms with Crippen molar-refractivity contribution < 1.29 is 0 Å². The minimum atomic E-state index is 0.875. The maximum Gasteiger partial charge on any atom is 0.114 e. The molecule has 2 heterocycles. The van der Waals surface area contributed by atoms with E-state index in [1.165, 1.54) is 60.5 Å². The van der Waals surface area contributed by atoms with E-state index in [9.17, 15) is 0 Å². The molecule has 3 heteroatoms. The third-order valence-electron chi connectivity index (χ3n) is 9.68. The van der Waals surface area contributed by atoms with Crippen LogP contribution in [-0.4, -0.2) is 14.5 Å². The Labute approximate surface area is 285 Å². The van der Waals surface area contributed by atoms with E-state index in [-0.39, 0.29) is 0 Å². The molecule has 0 aliphatic carbocycles. The van der Waals surface area contributed by atoms with E-state index in [4.69, 9.17) is 4.98 Å². The van der Waals surface area contributed by atoms with Crippen LogP contribution in [0.15, 0.2) is 170 Å². The minimum absolute atomic E-state index is 0.875. The molecule has 0 unspecified atom stereocenters. The van der Waals surface area contributed by atoms with E-state index in [0.717, 1.165) is 34.5 Å². The van der Waals surface area contributed by atoms with Crippen LogP contribution < -0.4 is 0 Å². The highest BCUT2D eigenvalue weighted by Gasteiger charge is 2.17. The maximum absolute atomic E-state index is 4.87. The molecule has 0 atom stereocenters. The molecule has 9 rings (SSSR count).